The summed E-state index contributed by atoms with van der Waals surface area (Å²) in [6.45, 7) is -0.0518. The number of hydrogen-bond donors (Lipinski definition) is 0. The Bertz CT molecular complexity index is 857. The van der Waals surface area contributed by atoms with Crippen LogP contribution >= 0.6 is 0 Å². The summed E-state index contributed by atoms with van der Waals surface area (Å²) in [4.78, 5) is 14.0. The van der Waals surface area contributed by atoms with Gasteiger partial charge in [-0.25, -0.2) is 8.42 Å². The van der Waals surface area contributed by atoms with Crippen LogP contribution in [0.1, 0.15) is 50.5 Å². The fourth-order valence-electron chi connectivity index (χ4n) is 6.90. The highest BCUT2D eigenvalue weighted by Gasteiger charge is 2.51. The molecule has 6 heteroatoms. The van der Waals surface area contributed by atoms with Gasteiger partial charge in [-0.05, 0) is 85.8 Å². The molecule has 5 nitrogen and oxygen atoms in total. The molecule has 1 atom stereocenters. The van der Waals surface area contributed by atoms with Gasteiger partial charge in [0.2, 0.25) is 0 Å². The Labute approximate surface area is 173 Å². The van der Waals surface area contributed by atoms with E-state index < -0.39 is 9.84 Å². The Morgan fingerprint density at radius 3 is 2.17 bits per heavy atom. The number of benzene rings is 1. The van der Waals surface area contributed by atoms with Crippen LogP contribution in [0.5, 0.6) is 5.75 Å². The third-order valence-electron chi connectivity index (χ3n) is 8.02. The summed E-state index contributed by atoms with van der Waals surface area (Å²) in [5.74, 6) is 3.53. The fraction of sp³-hybridized carbons (Fsp3) is 0.696. The molecule has 4 saturated carbocycles. The SMILES string of the molecule is CN(C(=O)COc1ccc(C23CC4CC(CC(C4)C2)C3)cc1)[C@@H]1CCS(=O)(=O)C1. The van der Waals surface area contributed by atoms with Crippen LogP contribution in [0.25, 0.3) is 0 Å². The third kappa shape index (κ3) is 3.69. The number of carbonyl (C=O) groups is 1. The largest absolute Gasteiger partial charge is 0.484 e. The lowest BCUT2D eigenvalue weighted by atomic mass is 9.48. The molecule has 0 aromatic heterocycles. The van der Waals surface area contributed by atoms with E-state index >= 15 is 0 Å². The van der Waals surface area contributed by atoms with Gasteiger partial charge in [-0.1, -0.05) is 12.1 Å². The lowest BCUT2D eigenvalue weighted by Gasteiger charge is -2.57. The Morgan fingerprint density at radius 1 is 1.07 bits per heavy atom. The van der Waals surface area contributed by atoms with Crippen LogP contribution in [0.15, 0.2) is 24.3 Å². The second kappa shape index (κ2) is 7.00. The highest BCUT2D eigenvalue weighted by atomic mass is 32.2. The molecule has 4 aliphatic carbocycles. The van der Waals surface area contributed by atoms with Crippen LogP contribution < -0.4 is 4.74 Å². The quantitative estimate of drug-likeness (QED) is 0.738. The molecule has 1 saturated heterocycles. The molecule has 0 spiro atoms. The van der Waals surface area contributed by atoms with Gasteiger partial charge in [0, 0.05) is 13.1 Å². The van der Waals surface area contributed by atoms with Crippen molar-refractivity contribution in [1.29, 1.82) is 0 Å². The van der Waals surface area contributed by atoms with Gasteiger partial charge in [0.25, 0.3) is 5.91 Å². The molecule has 5 aliphatic rings. The van der Waals surface area contributed by atoms with Crippen LogP contribution in [0.2, 0.25) is 0 Å². The molecular weight excluding hydrogens is 386 g/mol. The molecule has 1 heterocycles. The molecule has 0 radical (unpaired) electrons. The van der Waals surface area contributed by atoms with E-state index in [-0.39, 0.29) is 30.1 Å². The molecule has 0 N–H and O–H groups in total. The topological polar surface area (TPSA) is 63.7 Å². The van der Waals surface area contributed by atoms with Gasteiger partial charge < -0.3 is 9.64 Å². The maximum atomic E-state index is 12.4. The first-order chi connectivity index (χ1) is 13.8. The number of rotatable bonds is 5. The average molecular weight is 418 g/mol. The van der Waals surface area contributed by atoms with Crippen molar-refractivity contribution >= 4 is 15.7 Å². The molecule has 1 aliphatic heterocycles. The second-order valence-corrected chi connectivity index (χ2v) is 12.3. The number of ether oxygens (including phenoxy) is 1. The smallest absolute Gasteiger partial charge is 0.260 e. The fourth-order valence-corrected chi connectivity index (χ4v) is 8.67. The highest BCUT2D eigenvalue weighted by molar-refractivity contribution is 7.91. The zero-order valence-electron chi connectivity index (χ0n) is 17.2. The molecule has 1 aromatic carbocycles. The van der Waals surface area contributed by atoms with Crippen molar-refractivity contribution < 1.29 is 17.9 Å². The van der Waals surface area contributed by atoms with E-state index in [0.717, 1.165) is 17.8 Å². The number of hydrogen-bond acceptors (Lipinski definition) is 4. The summed E-state index contributed by atoms with van der Waals surface area (Å²) in [5.41, 5.74) is 1.82. The van der Waals surface area contributed by atoms with Crippen LogP contribution in [-0.4, -0.2) is 50.4 Å². The number of amides is 1. The minimum atomic E-state index is -3.00. The number of nitrogens with zero attached hydrogens (tertiary/aromatic N) is 1. The summed E-state index contributed by atoms with van der Waals surface area (Å²) in [7, 11) is -1.33. The molecule has 1 aromatic rings. The van der Waals surface area contributed by atoms with Crippen LogP contribution in [0, 0.1) is 17.8 Å². The van der Waals surface area contributed by atoms with Gasteiger partial charge in [0.15, 0.2) is 16.4 Å². The van der Waals surface area contributed by atoms with Crippen molar-refractivity contribution in [1.82, 2.24) is 4.90 Å². The molecular formula is C23H31NO4S. The van der Waals surface area contributed by atoms with E-state index in [9.17, 15) is 13.2 Å². The predicted octanol–water partition coefficient (Wildman–Crippen LogP) is 3.18. The van der Waals surface area contributed by atoms with Crippen molar-refractivity contribution in [3.05, 3.63) is 29.8 Å². The Balaban J connectivity index is 1.20. The van der Waals surface area contributed by atoms with Crippen molar-refractivity contribution in [2.24, 2.45) is 17.8 Å². The van der Waals surface area contributed by atoms with E-state index in [4.69, 9.17) is 4.74 Å². The summed E-state index contributed by atoms with van der Waals surface area (Å²) >= 11 is 0. The number of sulfone groups is 1. The summed E-state index contributed by atoms with van der Waals surface area (Å²) in [5, 5.41) is 0. The first kappa shape index (κ1) is 19.4. The maximum absolute atomic E-state index is 12.4. The lowest BCUT2D eigenvalue weighted by molar-refractivity contribution is -0.133. The normalized spacial score (nSPS) is 36.9. The molecule has 4 bridgehead atoms. The first-order valence-electron chi connectivity index (χ1n) is 11.0. The molecule has 6 rings (SSSR count). The minimum absolute atomic E-state index is 0.0518. The van der Waals surface area contributed by atoms with Crippen LogP contribution in [0.3, 0.4) is 0 Å². The Kier molecular flexibility index (Phi) is 4.68. The van der Waals surface area contributed by atoms with Gasteiger partial charge in [-0.15, -0.1) is 0 Å². The number of likely N-dealkylation sites (N-methyl/N-ethyl adjacent to an activating group) is 1. The van der Waals surface area contributed by atoms with Gasteiger partial charge >= 0.3 is 0 Å². The average Bonchev–Trinajstić information content (AvgIpc) is 3.04. The highest BCUT2D eigenvalue weighted by Crippen LogP contribution is 2.60. The molecule has 29 heavy (non-hydrogen) atoms. The van der Waals surface area contributed by atoms with Gasteiger partial charge in [-0.2, -0.15) is 0 Å². The van der Waals surface area contributed by atoms with Crippen LogP contribution in [0.4, 0.5) is 0 Å². The van der Waals surface area contributed by atoms with E-state index in [1.807, 2.05) is 12.1 Å². The van der Waals surface area contributed by atoms with Gasteiger partial charge in [0.1, 0.15) is 5.75 Å². The standard InChI is InChI=1S/C23H31NO4S/c1-24(20-6-7-29(26,27)15-20)22(25)14-28-21-4-2-19(3-5-21)23-11-16-8-17(12-23)10-18(9-16)13-23/h2-5,16-18,20H,6-15H2,1H3/t16?,17?,18?,20-,23?/m1/s1. The van der Waals surface area contributed by atoms with E-state index in [1.165, 1.54) is 49.0 Å². The van der Waals surface area contributed by atoms with E-state index in [1.54, 1.807) is 7.05 Å². The zero-order chi connectivity index (χ0) is 20.2. The first-order valence-corrected chi connectivity index (χ1v) is 12.8. The molecule has 1 amide bonds. The van der Waals surface area contributed by atoms with Crippen molar-refractivity contribution in [3.8, 4) is 5.75 Å². The summed E-state index contributed by atoms with van der Waals surface area (Å²) < 4.78 is 29.0. The van der Waals surface area contributed by atoms with E-state index in [0.29, 0.717) is 17.6 Å². The monoisotopic (exact) mass is 417 g/mol. The van der Waals surface area contributed by atoms with Gasteiger partial charge in [0.05, 0.1) is 11.5 Å². The zero-order valence-corrected chi connectivity index (χ0v) is 18.0. The van der Waals surface area contributed by atoms with Crippen LogP contribution in [-0.2, 0) is 20.0 Å². The predicted molar refractivity (Wildman–Crippen MR) is 112 cm³/mol. The third-order valence-corrected chi connectivity index (χ3v) is 9.77. The Hall–Kier alpha value is -1.56. The van der Waals surface area contributed by atoms with Crippen molar-refractivity contribution in [2.45, 2.75) is 56.4 Å². The lowest BCUT2D eigenvalue weighted by Crippen LogP contribution is -2.48. The molecule has 158 valence electrons. The van der Waals surface area contributed by atoms with Crippen molar-refractivity contribution in [3.63, 3.8) is 0 Å². The maximum Gasteiger partial charge on any atom is 0.260 e. The second-order valence-electron chi connectivity index (χ2n) is 10.1. The van der Waals surface area contributed by atoms with E-state index in [2.05, 4.69) is 12.1 Å². The van der Waals surface area contributed by atoms with Crippen molar-refractivity contribution in [2.75, 3.05) is 25.2 Å². The summed E-state index contributed by atoms with van der Waals surface area (Å²) in [6, 6.07) is 8.19. The summed E-state index contributed by atoms with van der Waals surface area (Å²) in [6.07, 6.45) is 8.87. The molecule has 0 unspecified atom stereocenters. The molecule has 5 fully saturated rings. The Morgan fingerprint density at radius 2 is 1.66 bits per heavy atom. The minimum Gasteiger partial charge on any atom is -0.484 e. The van der Waals surface area contributed by atoms with Gasteiger partial charge in [-0.3, -0.25) is 4.79 Å². The number of carbonyl (C=O) groups excluding carboxylic acids is 1.